The molecule has 0 heterocycles. The summed E-state index contributed by atoms with van der Waals surface area (Å²) in [6.45, 7) is 3.61. The van der Waals surface area contributed by atoms with E-state index in [1.54, 1.807) is 21.0 Å². The molecule has 0 aliphatic rings. The smallest absolute Gasteiger partial charge is 0.244 e. The van der Waals surface area contributed by atoms with Gasteiger partial charge in [0, 0.05) is 14.1 Å². The SMILES string of the molecule is CCC[C@@H](N)C(=O)NC(C)C(=O)N(C)C. The van der Waals surface area contributed by atoms with E-state index in [2.05, 4.69) is 5.32 Å². The topological polar surface area (TPSA) is 75.4 Å². The molecule has 0 bridgehead atoms. The van der Waals surface area contributed by atoms with Crippen LogP contribution < -0.4 is 11.1 Å². The summed E-state index contributed by atoms with van der Waals surface area (Å²) < 4.78 is 0. The van der Waals surface area contributed by atoms with Crippen molar-refractivity contribution < 1.29 is 9.59 Å². The Kier molecular flexibility index (Phi) is 5.93. The zero-order valence-electron chi connectivity index (χ0n) is 9.91. The third-order valence-corrected chi connectivity index (χ3v) is 2.11. The first-order valence-corrected chi connectivity index (χ1v) is 5.17. The van der Waals surface area contributed by atoms with E-state index in [0.717, 1.165) is 6.42 Å². The number of carbonyl (C=O) groups excluding carboxylic acids is 2. The van der Waals surface area contributed by atoms with Crippen LogP contribution in [0, 0.1) is 0 Å². The van der Waals surface area contributed by atoms with Crippen LogP contribution in [0.2, 0.25) is 0 Å². The molecule has 0 saturated heterocycles. The molecule has 2 amide bonds. The number of amides is 2. The molecular weight excluding hydrogens is 194 g/mol. The molecule has 0 aliphatic heterocycles. The first kappa shape index (κ1) is 13.9. The zero-order chi connectivity index (χ0) is 12.0. The lowest BCUT2D eigenvalue weighted by Crippen LogP contribution is -2.49. The average molecular weight is 215 g/mol. The number of hydrogen-bond acceptors (Lipinski definition) is 3. The zero-order valence-corrected chi connectivity index (χ0v) is 9.91. The molecule has 88 valence electrons. The number of likely N-dealkylation sites (N-methyl/N-ethyl adjacent to an activating group) is 1. The number of rotatable bonds is 5. The number of nitrogens with two attached hydrogens (primary N) is 1. The number of nitrogens with zero attached hydrogens (tertiary/aromatic N) is 1. The van der Waals surface area contributed by atoms with E-state index in [-0.39, 0.29) is 11.8 Å². The van der Waals surface area contributed by atoms with Crippen LogP contribution in [-0.2, 0) is 9.59 Å². The minimum absolute atomic E-state index is 0.132. The van der Waals surface area contributed by atoms with Crippen molar-refractivity contribution in [3.05, 3.63) is 0 Å². The highest BCUT2D eigenvalue weighted by atomic mass is 16.2. The summed E-state index contributed by atoms with van der Waals surface area (Å²) in [7, 11) is 3.30. The predicted molar refractivity (Wildman–Crippen MR) is 59.2 cm³/mol. The van der Waals surface area contributed by atoms with Crippen molar-refractivity contribution in [1.29, 1.82) is 0 Å². The van der Waals surface area contributed by atoms with Crippen molar-refractivity contribution >= 4 is 11.8 Å². The highest BCUT2D eigenvalue weighted by Crippen LogP contribution is 1.95. The second-order valence-corrected chi connectivity index (χ2v) is 3.86. The quantitative estimate of drug-likeness (QED) is 0.661. The first-order valence-electron chi connectivity index (χ1n) is 5.17. The van der Waals surface area contributed by atoms with Gasteiger partial charge < -0.3 is 16.0 Å². The van der Waals surface area contributed by atoms with Gasteiger partial charge >= 0.3 is 0 Å². The van der Waals surface area contributed by atoms with Crippen LogP contribution in [-0.4, -0.2) is 42.9 Å². The molecule has 2 atom stereocenters. The lowest BCUT2D eigenvalue weighted by molar-refractivity contribution is -0.134. The lowest BCUT2D eigenvalue weighted by atomic mass is 10.1. The molecule has 0 aromatic heterocycles. The molecule has 0 rings (SSSR count). The Morgan fingerprint density at radius 1 is 1.40 bits per heavy atom. The minimum atomic E-state index is -0.521. The van der Waals surface area contributed by atoms with Crippen LogP contribution in [0.4, 0.5) is 0 Å². The average Bonchev–Trinajstić information content (AvgIpc) is 2.16. The fourth-order valence-electron chi connectivity index (χ4n) is 1.21. The van der Waals surface area contributed by atoms with Gasteiger partial charge in [-0.1, -0.05) is 13.3 Å². The summed E-state index contributed by atoms with van der Waals surface area (Å²) in [5.41, 5.74) is 5.62. The molecule has 5 nitrogen and oxygen atoms in total. The van der Waals surface area contributed by atoms with Crippen molar-refractivity contribution in [3.8, 4) is 0 Å². The van der Waals surface area contributed by atoms with Gasteiger partial charge in [0.1, 0.15) is 6.04 Å². The Morgan fingerprint density at radius 3 is 2.33 bits per heavy atom. The fraction of sp³-hybridized carbons (Fsp3) is 0.800. The molecule has 0 aromatic carbocycles. The fourth-order valence-corrected chi connectivity index (χ4v) is 1.21. The van der Waals surface area contributed by atoms with Crippen LogP contribution in [0.3, 0.4) is 0 Å². The summed E-state index contributed by atoms with van der Waals surface area (Å²) in [5, 5.41) is 2.59. The highest BCUT2D eigenvalue weighted by molar-refractivity contribution is 5.89. The van der Waals surface area contributed by atoms with E-state index in [1.807, 2.05) is 6.92 Å². The highest BCUT2D eigenvalue weighted by Gasteiger charge is 2.20. The van der Waals surface area contributed by atoms with Gasteiger partial charge in [-0.05, 0) is 13.3 Å². The van der Waals surface area contributed by atoms with Gasteiger partial charge in [-0.3, -0.25) is 9.59 Å². The second kappa shape index (κ2) is 6.40. The molecule has 0 fully saturated rings. The monoisotopic (exact) mass is 215 g/mol. The molecule has 0 aromatic rings. The Hall–Kier alpha value is -1.10. The maximum Gasteiger partial charge on any atom is 0.244 e. The van der Waals surface area contributed by atoms with Crippen molar-refractivity contribution in [2.24, 2.45) is 5.73 Å². The molecule has 0 aliphatic carbocycles. The number of carbonyl (C=O) groups is 2. The van der Waals surface area contributed by atoms with E-state index in [4.69, 9.17) is 5.73 Å². The summed E-state index contributed by atoms with van der Waals surface area (Å²) in [4.78, 5) is 24.3. The predicted octanol–water partition coefficient (Wildman–Crippen LogP) is -0.293. The van der Waals surface area contributed by atoms with Gasteiger partial charge in [0.25, 0.3) is 0 Å². The summed E-state index contributed by atoms with van der Waals surface area (Å²) in [5.74, 6) is -0.397. The van der Waals surface area contributed by atoms with Crippen molar-refractivity contribution in [3.63, 3.8) is 0 Å². The van der Waals surface area contributed by atoms with Crippen LogP contribution in [0.25, 0.3) is 0 Å². The van der Waals surface area contributed by atoms with Gasteiger partial charge in [-0.2, -0.15) is 0 Å². The lowest BCUT2D eigenvalue weighted by Gasteiger charge is -2.19. The normalized spacial score (nSPS) is 14.2. The van der Waals surface area contributed by atoms with Crippen LogP contribution >= 0.6 is 0 Å². The minimum Gasteiger partial charge on any atom is -0.347 e. The molecule has 0 radical (unpaired) electrons. The molecule has 5 heteroatoms. The van der Waals surface area contributed by atoms with Crippen LogP contribution in [0.15, 0.2) is 0 Å². The van der Waals surface area contributed by atoms with Gasteiger partial charge in [0.05, 0.1) is 6.04 Å². The van der Waals surface area contributed by atoms with Gasteiger partial charge in [-0.15, -0.1) is 0 Å². The molecule has 1 unspecified atom stereocenters. The van der Waals surface area contributed by atoms with Crippen LogP contribution in [0.5, 0.6) is 0 Å². The molecule has 3 N–H and O–H groups in total. The summed E-state index contributed by atoms with van der Waals surface area (Å²) in [6.07, 6.45) is 1.49. The summed E-state index contributed by atoms with van der Waals surface area (Å²) in [6, 6.07) is -1.04. The summed E-state index contributed by atoms with van der Waals surface area (Å²) >= 11 is 0. The first-order chi connectivity index (χ1) is 6.90. The van der Waals surface area contributed by atoms with Gasteiger partial charge in [0.15, 0.2) is 0 Å². The van der Waals surface area contributed by atoms with Gasteiger partial charge in [-0.25, -0.2) is 0 Å². The third kappa shape index (κ3) is 4.78. The van der Waals surface area contributed by atoms with E-state index >= 15 is 0 Å². The van der Waals surface area contributed by atoms with Crippen molar-refractivity contribution in [2.75, 3.05) is 14.1 Å². The van der Waals surface area contributed by atoms with Gasteiger partial charge in [0.2, 0.25) is 11.8 Å². The number of hydrogen-bond donors (Lipinski definition) is 2. The molecule has 0 spiro atoms. The molecule has 15 heavy (non-hydrogen) atoms. The largest absolute Gasteiger partial charge is 0.347 e. The van der Waals surface area contributed by atoms with E-state index in [1.165, 1.54) is 4.90 Å². The second-order valence-electron chi connectivity index (χ2n) is 3.86. The maximum atomic E-state index is 11.5. The molecule has 0 saturated carbocycles. The Labute approximate surface area is 91.0 Å². The Balaban J connectivity index is 4.12. The number of nitrogens with one attached hydrogen (secondary N) is 1. The maximum absolute atomic E-state index is 11.5. The van der Waals surface area contributed by atoms with E-state index in [0.29, 0.717) is 6.42 Å². The molecular formula is C10H21N3O2. The standard InChI is InChI=1S/C10H21N3O2/c1-5-6-8(11)9(14)12-7(2)10(15)13(3)4/h7-8H,5-6,11H2,1-4H3,(H,12,14)/t7?,8-/m1/s1. The Bertz CT molecular complexity index is 229. The third-order valence-electron chi connectivity index (χ3n) is 2.11. The van der Waals surface area contributed by atoms with E-state index < -0.39 is 12.1 Å². The van der Waals surface area contributed by atoms with E-state index in [9.17, 15) is 9.59 Å². The van der Waals surface area contributed by atoms with Crippen LogP contribution in [0.1, 0.15) is 26.7 Å². The van der Waals surface area contributed by atoms with Crippen molar-refractivity contribution in [1.82, 2.24) is 10.2 Å². The Morgan fingerprint density at radius 2 is 1.93 bits per heavy atom. The van der Waals surface area contributed by atoms with Crippen molar-refractivity contribution in [2.45, 2.75) is 38.8 Å².